The molecule has 0 aliphatic carbocycles. The number of likely N-dealkylation sites (tertiary alicyclic amines) is 1. The predicted molar refractivity (Wildman–Crippen MR) is 86.4 cm³/mol. The minimum Gasteiger partial charge on any atom is -0.481 e. The molecule has 7 heteroatoms. The normalized spacial score (nSPS) is 22.3. The van der Waals surface area contributed by atoms with Crippen LogP contribution in [-0.2, 0) is 9.59 Å². The van der Waals surface area contributed by atoms with Gasteiger partial charge in [0, 0.05) is 18.8 Å². The molecule has 2 atom stereocenters. The summed E-state index contributed by atoms with van der Waals surface area (Å²) in [5, 5.41) is 12.7. The van der Waals surface area contributed by atoms with Gasteiger partial charge in [-0.3, -0.25) is 14.5 Å². The number of amides is 1. The topological polar surface area (TPSA) is 69.6 Å². The Balaban J connectivity index is 1.93. The number of carbonyl (C=O) groups excluding carboxylic acids is 1. The van der Waals surface area contributed by atoms with Crippen LogP contribution in [0, 0.1) is 11.8 Å². The number of carboxylic acids is 1. The number of carboxylic acid groups (broad SMARTS) is 1. The second kappa shape index (κ2) is 7.31. The molecule has 0 radical (unpaired) electrons. The third-order valence-electron chi connectivity index (χ3n) is 3.66. The molecule has 2 rings (SSSR count). The molecular formula is C15H18Cl2N2O3. The molecule has 1 aliphatic rings. The van der Waals surface area contributed by atoms with Gasteiger partial charge < -0.3 is 10.4 Å². The monoisotopic (exact) mass is 344 g/mol. The Bertz CT molecular complexity index is 580. The lowest BCUT2D eigenvalue weighted by atomic mass is 9.90. The summed E-state index contributed by atoms with van der Waals surface area (Å²) in [4.78, 5) is 25.1. The van der Waals surface area contributed by atoms with Gasteiger partial charge in [-0.05, 0) is 30.5 Å². The number of rotatable bonds is 4. The van der Waals surface area contributed by atoms with Crippen molar-refractivity contribution in [3.05, 3.63) is 28.2 Å². The quantitative estimate of drug-likeness (QED) is 0.880. The number of hydrogen-bond donors (Lipinski definition) is 2. The zero-order valence-electron chi connectivity index (χ0n) is 12.2. The average Bonchev–Trinajstić information content (AvgIpc) is 2.42. The fourth-order valence-corrected chi connectivity index (χ4v) is 3.05. The Kier molecular flexibility index (Phi) is 5.67. The predicted octanol–water partition coefficient (Wildman–Crippen LogP) is 2.97. The van der Waals surface area contributed by atoms with Crippen LogP contribution in [0.2, 0.25) is 10.0 Å². The molecule has 0 saturated carbocycles. The fourth-order valence-electron chi connectivity index (χ4n) is 2.75. The van der Waals surface area contributed by atoms with Crippen molar-refractivity contribution in [3.8, 4) is 0 Å². The third kappa shape index (κ3) is 4.60. The second-order valence-corrected chi connectivity index (χ2v) is 6.56. The van der Waals surface area contributed by atoms with Gasteiger partial charge in [0.1, 0.15) is 0 Å². The van der Waals surface area contributed by atoms with Crippen LogP contribution in [0.25, 0.3) is 0 Å². The third-order valence-corrected chi connectivity index (χ3v) is 4.39. The van der Waals surface area contributed by atoms with E-state index in [2.05, 4.69) is 5.32 Å². The highest BCUT2D eigenvalue weighted by Gasteiger charge is 2.30. The van der Waals surface area contributed by atoms with Gasteiger partial charge in [0.2, 0.25) is 5.91 Å². The molecule has 0 aromatic heterocycles. The summed E-state index contributed by atoms with van der Waals surface area (Å²) in [6, 6.07) is 4.87. The van der Waals surface area contributed by atoms with Crippen LogP contribution in [0.5, 0.6) is 0 Å². The molecule has 1 aromatic rings. The molecule has 22 heavy (non-hydrogen) atoms. The van der Waals surface area contributed by atoms with Crippen LogP contribution in [0.3, 0.4) is 0 Å². The number of anilines is 1. The van der Waals surface area contributed by atoms with Gasteiger partial charge in [-0.15, -0.1) is 0 Å². The molecule has 0 spiro atoms. The molecule has 2 unspecified atom stereocenters. The van der Waals surface area contributed by atoms with E-state index in [-0.39, 0.29) is 18.4 Å². The van der Waals surface area contributed by atoms with Crippen LogP contribution < -0.4 is 5.32 Å². The molecule has 1 amide bonds. The molecule has 120 valence electrons. The van der Waals surface area contributed by atoms with E-state index in [4.69, 9.17) is 28.3 Å². The lowest BCUT2D eigenvalue weighted by Crippen LogP contribution is -2.45. The molecular weight excluding hydrogens is 327 g/mol. The molecule has 1 saturated heterocycles. The minimum absolute atomic E-state index is 0.161. The summed E-state index contributed by atoms with van der Waals surface area (Å²) >= 11 is 11.7. The lowest BCUT2D eigenvalue weighted by Gasteiger charge is -2.34. The Morgan fingerprint density at radius 3 is 2.68 bits per heavy atom. The Morgan fingerprint density at radius 2 is 2.05 bits per heavy atom. The first-order valence-electron chi connectivity index (χ1n) is 7.05. The second-order valence-electron chi connectivity index (χ2n) is 5.75. The maximum absolute atomic E-state index is 12.1. The summed E-state index contributed by atoms with van der Waals surface area (Å²) in [5.41, 5.74) is 0.569. The van der Waals surface area contributed by atoms with Crippen LogP contribution in [0.4, 0.5) is 5.69 Å². The molecule has 1 heterocycles. The maximum atomic E-state index is 12.1. The number of nitrogens with one attached hydrogen (secondary N) is 1. The summed E-state index contributed by atoms with van der Waals surface area (Å²) in [5.74, 6) is -1.16. The molecule has 1 aromatic carbocycles. The van der Waals surface area contributed by atoms with Crippen molar-refractivity contribution in [1.82, 2.24) is 4.90 Å². The van der Waals surface area contributed by atoms with Crippen molar-refractivity contribution in [2.24, 2.45) is 11.8 Å². The first-order valence-corrected chi connectivity index (χ1v) is 7.81. The highest BCUT2D eigenvalue weighted by Crippen LogP contribution is 2.25. The molecule has 1 aliphatic heterocycles. The van der Waals surface area contributed by atoms with Crippen molar-refractivity contribution in [1.29, 1.82) is 0 Å². The largest absolute Gasteiger partial charge is 0.481 e. The Hall–Kier alpha value is -1.30. The van der Waals surface area contributed by atoms with Crippen molar-refractivity contribution in [2.45, 2.75) is 13.3 Å². The molecule has 2 N–H and O–H groups in total. The van der Waals surface area contributed by atoms with Crippen molar-refractivity contribution < 1.29 is 14.7 Å². The van der Waals surface area contributed by atoms with Gasteiger partial charge in [0.15, 0.2) is 0 Å². The smallest absolute Gasteiger partial charge is 0.307 e. The molecule has 0 bridgehead atoms. The van der Waals surface area contributed by atoms with Crippen LogP contribution in [0.15, 0.2) is 18.2 Å². The van der Waals surface area contributed by atoms with Crippen LogP contribution in [0.1, 0.15) is 13.3 Å². The van der Waals surface area contributed by atoms with E-state index in [1.165, 1.54) is 0 Å². The number of piperidine rings is 1. The number of carbonyl (C=O) groups is 2. The van der Waals surface area contributed by atoms with E-state index in [1.807, 2.05) is 11.8 Å². The first-order chi connectivity index (χ1) is 10.3. The lowest BCUT2D eigenvalue weighted by molar-refractivity contribution is -0.144. The van der Waals surface area contributed by atoms with Crippen molar-refractivity contribution >= 4 is 40.8 Å². The van der Waals surface area contributed by atoms with Crippen molar-refractivity contribution in [3.63, 3.8) is 0 Å². The standard InChI is InChI=1S/C15H18Cl2N2O3/c1-9-4-10(15(21)22)7-19(6-9)8-14(20)18-11-2-3-12(16)13(17)5-11/h2-3,5,9-10H,4,6-8H2,1H3,(H,18,20)(H,21,22). The summed E-state index contributed by atoms with van der Waals surface area (Å²) in [6.07, 6.45) is 0.653. The number of hydrogen-bond acceptors (Lipinski definition) is 3. The Labute approximate surface area is 139 Å². The number of benzene rings is 1. The number of nitrogens with zero attached hydrogens (tertiary/aromatic N) is 1. The summed E-state index contributed by atoms with van der Waals surface area (Å²) in [7, 11) is 0. The van der Waals surface area contributed by atoms with E-state index < -0.39 is 11.9 Å². The van der Waals surface area contributed by atoms with E-state index >= 15 is 0 Å². The Morgan fingerprint density at radius 1 is 1.32 bits per heavy atom. The van der Waals surface area contributed by atoms with Gasteiger partial charge in [-0.1, -0.05) is 30.1 Å². The zero-order chi connectivity index (χ0) is 16.3. The summed E-state index contributed by atoms with van der Waals surface area (Å²) < 4.78 is 0. The van der Waals surface area contributed by atoms with Crippen LogP contribution in [-0.4, -0.2) is 41.5 Å². The highest BCUT2D eigenvalue weighted by molar-refractivity contribution is 6.42. The molecule has 1 fully saturated rings. The zero-order valence-corrected chi connectivity index (χ0v) is 13.7. The fraction of sp³-hybridized carbons (Fsp3) is 0.467. The number of aliphatic carboxylic acids is 1. The van der Waals surface area contributed by atoms with Gasteiger partial charge in [-0.2, -0.15) is 0 Å². The van der Waals surface area contributed by atoms with Gasteiger partial charge >= 0.3 is 5.97 Å². The highest BCUT2D eigenvalue weighted by atomic mass is 35.5. The van der Waals surface area contributed by atoms with Gasteiger partial charge in [0.05, 0.1) is 22.5 Å². The van der Waals surface area contributed by atoms with E-state index in [0.29, 0.717) is 28.7 Å². The van der Waals surface area contributed by atoms with Crippen molar-refractivity contribution in [2.75, 3.05) is 25.0 Å². The summed E-state index contributed by atoms with van der Waals surface area (Å²) in [6.45, 7) is 3.28. The van der Waals surface area contributed by atoms with Gasteiger partial charge in [-0.25, -0.2) is 0 Å². The van der Waals surface area contributed by atoms with E-state index in [9.17, 15) is 9.59 Å². The number of halogens is 2. The van der Waals surface area contributed by atoms with Gasteiger partial charge in [0.25, 0.3) is 0 Å². The van der Waals surface area contributed by atoms with E-state index in [1.54, 1.807) is 18.2 Å². The maximum Gasteiger partial charge on any atom is 0.307 e. The SMILES string of the molecule is CC1CC(C(=O)O)CN(CC(=O)Nc2ccc(Cl)c(Cl)c2)C1. The molecule has 5 nitrogen and oxygen atoms in total. The average molecular weight is 345 g/mol. The minimum atomic E-state index is -0.804. The first kappa shape index (κ1) is 17.1. The van der Waals surface area contributed by atoms with Crippen LogP contribution >= 0.6 is 23.2 Å². The van der Waals surface area contributed by atoms with E-state index in [0.717, 1.165) is 6.54 Å².